The fourth-order valence-electron chi connectivity index (χ4n) is 3.25. The minimum absolute atomic E-state index is 0. The number of nitrogens with one attached hydrogen (secondary N) is 3. The van der Waals surface area contributed by atoms with Crippen molar-refractivity contribution >= 4 is 29.9 Å². The number of hydrogen-bond acceptors (Lipinski definition) is 3. The average Bonchev–Trinajstić information content (AvgIpc) is 3.15. The second-order valence-electron chi connectivity index (χ2n) is 6.05. The molecule has 2 aliphatic rings. The van der Waals surface area contributed by atoms with Gasteiger partial charge in [0.25, 0.3) is 0 Å². The number of rotatable bonds is 5. The largest absolute Gasteiger partial charge is 0.355 e. The van der Waals surface area contributed by atoms with Gasteiger partial charge in [0.15, 0.2) is 0 Å². The highest BCUT2D eigenvalue weighted by Gasteiger charge is 2.30. The van der Waals surface area contributed by atoms with Crippen molar-refractivity contribution in [1.82, 2.24) is 10.6 Å². The third-order valence-corrected chi connectivity index (χ3v) is 4.58. The summed E-state index contributed by atoms with van der Waals surface area (Å²) in [6, 6.07) is 6.08. The van der Waals surface area contributed by atoms with Crippen LogP contribution in [0.4, 0.5) is 5.69 Å². The lowest BCUT2D eigenvalue weighted by Gasteiger charge is -2.13. The highest BCUT2D eigenvalue weighted by Crippen LogP contribution is 2.35. The number of carbonyl (C=O) groups excluding carboxylic acids is 2. The molecular weight excluding hydrogens is 314 g/mol. The maximum absolute atomic E-state index is 12.1. The van der Waals surface area contributed by atoms with Crippen LogP contribution in [0.1, 0.15) is 43.2 Å². The molecule has 0 aliphatic carbocycles. The number of fused-ring (bicyclic) bond motifs is 1. The second kappa shape index (κ2) is 7.79. The number of carbonyl (C=O) groups is 2. The third-order valence-electron chi connectivity index (χ3n) is 4.58. The molecule has 0 aromatic heterocycles. The molecule has 0 bridgehead atoms. The monoisotopic (exact) mass is 337 g/mol. The predicted molar refractivity (Wildman–Crippen MR) is 93.1 cm³/mol. The van der Waals surface area contributed by atoms with Crippen LogP contribution in [0, 0.1) is 0 Å². The van der Waals surface area contributed by atoms with Crippen molar-refractivity contribution in [3.63, 3.8) is 0 Å². The van der Waals surface area contributed by atoms with E-state index in [1.165, 1.54) is 5.56 Å². The van der Waals surface area contributed by atoms with Crippen molar-refractivity contribution in [2.45, 2.75) is 44.6 Å². The Labute approximate surface area is 143 Å². The number of amides is 2. The first-order valence-electron chi connectivity index (χ1n) is 8.14. The molecule has 2 atom stereocenters. The fraction of sp³-hybridized carbons (Fsp3) is 0.529. The van der Waals surface area contributed by atoms with E-state index in [2.05, 4.69) is 35.0 Å². The van der Waals surface area contributed by atoms with E-state index in [1.54, 1.807) is 0 Å². The molecule has 1 aromatic carbocycles. The van der Waals surface area contributed by atoms with Crippen LogP contribution in [0.5, 0.6) is 0 Å². The summed E-state index contributed by atoms with van der Waals surface area (Å²) in [4.78, 5) is 24.1. The zero-order valence-corrected chi connectivity index (χ0v) is 14.2. The first-order valence-corrected chi connectivity index (χ1v) is 8.14. The van der Waals surface area contributed by atoms with Gasteiger partial charge in [0, 0.05) is 12.2 Å². The third kappa shape index (κ3) is 3.85. The lowest BCUT2D eigenvalue weighted by Crippen LogP contribution is -2.41. The maximum Gasteiger partial charge on any atom is 0.237 e. The molecule has 3 N–H and O–H groups in total. The van der Waals surface area contributed by atoms with Gasteiger partial charge in [0.2, 0.25) is 11.8 Å². The van der Waals surface area contributed by atoms with E-state index in [4.69, 9.17) is 0 Å². The number of hydrogen-bond donors (Lipinski definition) is 3. The quantitative estimate of drug-likeness (QED) is 0.769. The summed E-state index contributed by atoms with van der Waals surface area (Å²) < 4.78 is 0. The minimum atomic E-state index is -0.154. The Kier molecular flexibility index (Phi) is 6.02. The molecule has 0 radical (unpaired) electrons. The Morgan fingerprint density at radius 2 is 2.22 bits per heavy atom. The van der Waals surface area contributed by atoms with Crippen LogP contribution >= 0.6 is 12.4 Å². The van der Waals surface area contributed by atoms with Gasteiger partial charge in [-0.25, -0.2) is 0 Å². The molecule has 23 heavy (non-hydrogen) atoms. The lowest BCUT2D eigenvalue weighted by atomic mass is 9.95. The van der Waals surface area contributed by atoms with Gasteiger partial charge in [-0.3, -0.25) is 9.59 Å². The van der Waals surface area contributed by atoms with Gasteiger partial charge >= 0.3 is 0 Å². The van der Waals surface area contributed by atoms with E-state index in [1.807, 2.05) is 6.07 Å². The Bertz CT molecular complexity index is 585. The fourth-order valence-corrected chi connectivity index (χ4v) is 3.25. The highest BCUT2D eigenvalue weighted by atomic mass is 35.5. The van der Waals surface area contributed by atoms with Gasteiger partial charge in [0.05, 0.1) is 12.0 Å². The first-order chi connectivity index (χ1) is 10.7. The normalized spacial score (nSPS) is 22.2. The standard InChI is InChI=1S/C17H23N3O2.ClH/c1-2-11-5-6-14-13(10-11)12(16(21)20-14)7-9-19-17(22)15-4-3-8-18-15;/h5-6,10,12,15,18H,2-4,7-9H2,1H3,(H,19,22)(H,20,21);1H. The molecule has 1 fully saturated rings. The Hall–Kier alpha value is -1.59. The molecule has 6 heteroatoms. The molecular formula is C17H24ClN3O2. The molecule has 126 valence electrons. The number of anilines is 1. The Morgan fingerprint density at radius 1 is 1.39 bits per heavy atom. The van der Waals surface area contributed by atoms with Crippen LogP contribution in [0.15, 0.2) is 18.2 Å². The van der Waals surface area contributed by atoms with Gasteiger partial charge in [-0.05, 0) is 49.4 Å². The average molecular weight is 338 g/mol. The van der Waals surface area contributed by atoms with Crippen molar-refractivity contribution in [2.24, 2.45) is 0 Å². The Morgan fingerprint density at radius 3 is 2.91 bits per heavy atom. The second-order valence-corrected chi connectivity index (χ2v) is 6.05. The summed E-state index contributed by atoms with van der Waals surface area (Å²) in [5.41, 5.74) is 3.22. The summed E-state index contributed by atoms with van der Waals surface area (Å²) in [5.74, 6) is -0.0618. The number of halogens is 1. The number of benzene rings is 1. The molecule has 2 unspecified atom stereocenters. The van der Waals surface area contributed by atoms with Crippen molar-refractivity contribution in [3.8, 4) is 0 Å². The zero-order chi connectivity index (χ0) is 15.5. The highest BCUT2D eigenvalue weighted by molar-refractivity contribution is 6.03. The predicted octanol–water partition coefficient (Wildman–Crippen LogP) is 1.96. The van der Waals surface area contributed by atoms with Crippen molar-refractivity contribution in [2.75, 3.05) is 18.4 Å². The van der Waals surface area contributed by atoms with Gasteiger partial charge in [-0.15, -0.1) is 12.4 Å². The molecule has 3 rings (SSSR count). The minimum Gasteiger partial charge on any atom is -0.355 e. The van der Waals surface area contributed by atoms with Crippen LogP contribution in [0.25, 0.3) is 0 Å². The molecule has 1 aromatic rings. The van der Waals surface area contributed by atoms with Gasteiger partial charge in [-0.1, -0.05) is 19.1 Å². The van der Waals surface area contributed by atoms with Crippen molar-refractivity contribution < 1.29 is 9.59 Å². The molecule has 1 saturated heterocycles. The van der Waals surface area contributed by atoms with Crippen LogP contribution in [-0.2, 0) is 16.0 Å². The van der Waals surface area contributed by atoms with E-state index in [9.17, 15) is 9.59 Å². The van der Waals surface area contributed by atoms with Gasteiger partial charge in [-0.2, -0.15) is 0 Å². The van der Waals surface area contributed by atoms with Crippen molar-refractivity contribution in [1.29, 1.82) is 0 Å². The first kappa shape index (κ1) is 17.8. The van der Waals surface area contributed by atoms with E-state index in [-0.39, 0.29) is 36.2 Å². The van der Waals surface area contributed by atoms with Crippen LogP contribution in [0.2, 0.25) is 0 Å². The van der Waals surface area contributed by atoms with Crippen molar-refractivity contribution in [3.05, 3.63) is 29.3 Å². The lowest BCUT2D eigenvalue weighted by molar-refractivity contribution is -0.123. The summed E-state index contributed by atoms with van der Waals surface area (Å²) in [6.45, 7) is 3.55. The summed E-state index contributed by atoms with van der Waals surface area (Å²) in [6.07, 6.45) is 3.55. The van der Waals surface area contributed by atoms with E-state index in [0.29, 0.717) is 13.0 Å². The van der Waals surface area contributed by atoms with Crippen LogP contribution in [-0.4, -0.2) is 30.9 Å². The molecule has 5 nitrogen and oxygen atoms in total. The molecule has 0 spiro atoms. The van der Waals surface area contributed by atoms with E-state index >= 15 is 0 Å². The summed E-state index contributed by atoms with van der Waals surface area (Å²) >= 11 is 0. The maximum atomic E-state index is 12.1. The SMILES string of the molecule is CCc1ccc2c(c1)C(CCNC(=O)C1CCCN1)C(=O)N2.Cl. The Balaban J connectivity index is 0.00000192. The molecule has 2 amide bonds. The zero-order valence-electron chi connectivity index (χ0n) is 13.4. The number of aryl methyl sites for hydroxylation is 1. The van der Waals surface area contributed by atoms with Crippen LogP contribution < -0.4 is 16.0 Å². The van der Waals surface area contributed by atoms with Gasteiger partial charge in [0.1, 0.15) is 0 Å². The van der Waals surface area contributed by atoms with Crippen LogP contribution in [0.3, 0.4) is 0 Å². The van der Waals surface area contributed by atoms with E-state index < -0.39 is 0 Å². The molecule has 0 saturated carbocycles. The smallest absolute Gasteiger partial charge is 0.237 e. The van der Waals surface area contributed by atoms with Gasteiger partial charge < -0.3 is 16.0 Å². The molecule has 2 aliphatic heterocycles. The summed E-state index contributed by atoms with van der Waals surface area (Å²) in [5, 5.41) is 9.06. The topological polar surface area (TPSA) is 70.2 Å². The summed E-state index contributed by atoms with van der Waals surface area (Å²) in [7, 11) is 0. The van der Waals surface area contributed by atoms with E-state index in [0.717, 1.165) is 37.1 Å². The molecule has 2 heterocycles.